The maximum absolute atomic E-state index is 4.23. The minimum absolute atomic E-state index is 0.362. The van der Waals surface area contributed by atoms with Gasteiger partial charge in [-0.2, -0.15) is 0 Å². The van der Waals surface area contributed by atoms with Crippen molar-refractivity contribution in [2.45, 2.75) is 25.3 Å². The second kappa shape index (κ2) is 7.84. The molecule has 1 aromatic heterocycles. The summed E-state index contributed by atoms with van der Waals surface area (Å²) in [4.78, 5) is 6.81. The summed E-state index contributed by atoms with van der Waals surface area (Å²) in [5, 5.41) is 3.63. The molecule has 0 aliphatic carbocycles. The number of nitrogens with one attached hydrogen (secondary N) is 3. The van der Waals surface area contributed by atoms with Crippen molar-refractivity contribution in [2.24, 2.45) is 5.92 Å². The first-order chi connectivity index (χ1) is 10.4. The van der Waals surface area contributed by atoms with Crippen molar-refractivity contribution in [3.05, 3.63) is 30.1 Å². The van der Waals surface area contributed by atoms with Crippen molar-refractivity contribution < 1.29 is 0 Å². The van der Waals surface area contributed by atoms with Gasteiger partial charge in [0.05, 0.1) is 6.04 Å². The zero-order chi connectivity index (χ0) is 14.3. The predicted molar refractivity (Wildman–Crippen MR) is 84.8 cm³/mol. The number of nitrogens with zero attached hydrogens (tertiary/aromatic N) is 2. The molecule has 2 unspecified atom stereocenters. The van der Waals surface area contributed by atoms with Crippen LogP contribution in [0.15, 0.2) is 24.5 Å². The zero-order valence-electron chi connectivity index (χ0n) is 12.7. The van der Waals surface area contributed by atoms with E-state index in [-0.39, 0.29) is 0 Å². The standard InChI is InChI=1S/C16H27N5/c1-2-8-21(9-3-1)10-7-18-12-15-13-19-20-16(15)14-5-4-6-17-11-14/h4-6,11,15-16,18-20H,1-3,7-10,12-13H2. The second-order valence-corrected chi connectivity index (χ2v) is 6.16. The number of hydrazine groups is 1. The lowest BCUT2D eigenvalue weighted by Gasteiger charge is -2.27. The van der Waals surface area contributed by atoms with Crippen LogP contribution in [0, 0.1) is 5.92 Å². The lowest BCUT2D eigenvalue weighted by molar-refractivity contribution is 0.227. The summed E-state index contributed by atoms with van der Waals surface area (Å²) in [6.07, 6.45) is 7.96. The molecule has 2 atom stereocenters. The second-order valence-electron chi connectivity index (χ2n) is 6.16. The van der Waals surface area contributed by atoms with Crippen molar-refractivity contribution in [1.82, 2.24) is 26.1 Å². The van der Waals surface area contributed by atoms with Gasteiger partial charge in [-0.05, 0) is 37.6 Å². The molecule has 0 bridgehead atoms. The van der Waals surface area contributed by atoms with Gasteiger partial charge >= 0.3 is 0 Å². The predicted octanol–water partition coefficient (Wildman–Crippen LogP) is 0.922. The van der Waals surface area contributed by atoms with Crippen LogP contribution in [-0.2, 0) is 0 Å². The average Bonchev–Trinajstić information content (AvgIpc) is 3.02. The van der Waals surface area contributed by atoms with Crippen LogP contribution in [0.4, 0.5) is 0 Å². The van der Waals surface area contributed by atoms with Crippen LogP contribution in [0.3, 0.4) is 0 Å². The van der Waals surface area contributed by atoms with Gasteiger partial charge in [0.2, 0.25) is 0 Å². The Morgan fingerprint density at radius 2 is 2.19 bits per heavy atom. The van der Waals surface area contributed by atoms with Crippen molar-refractivity contribution >= 4 is 0 Å². The van der Waals surface area contributed by atoms with Gasteiger partial charge in [-0.1, -0.05) is 12.5 Å². The number of piperidine rings is 1. The molecule has 116 valence electrons. The molecule has 3 N–H and O–H groups in total. The Balaban J connectivity index is 1.40. The first kappa shape index (κ1) is 14.9. The summed E-state index contributed by atoms with van der Waals surface area (Å²) < 4.78 is 0. The summed E-state index contributed by atoms with van der Waals surface area (Å²) in [5.41, 5.74) is 7.92. The lowest BCUT2D eigenvalue weighted by atomic mass is 9.96. The van der Waals surface area contributed by atoms with E-state index in [1.165, 1.54) is 44.5 Å². The molecular weight excluding hydrogens is 262 g/mol. The van der Waals surface area contributed by atoms with Gasteiger partial charge in [0, 0.05) is 44.5 Å². The molecule has 2 saturated heterocycles. The molecule has 0 radical (unpaired) electrons. The van der Waals surface area contributed by atoms with Crippen LogP contribution in [0.25, 0.3) is 0 Å². The van der Waals surface area contributed by atoms with E-state index >= 15 is 0 Å². The van der Waals surface area contributed by atoms with Crippen LogP contribution >= 0.6 is 0 Å². The summed E-state index contributed by atoms with van der Waals surface area (Å²) in [6.45, 7) is 6.91. The van der Waals surface area contributed by atoms with Gasteiger partial charge < -0.3 is 10.2 Å². The fourth-order valence-corrected chi connectivity index (χ4v) is 3.35. The first-order valence-corrected chi connectivity index (χ1v) is 8.25. The Kier molecular flexibility index (Phi) is 5.57. The molecule has 2 aliphatic rings. The topological polar surface area (TPSA) is 52.2 Å². The number of aromatic nitrogens is 1. The number of rotatable bonds is 6. The Labute approximate surface area is 127 Å². The molecule has 0 amide bonds. The van der Waals surface area contributed by atoms with E-state index in [2.05, 4.69) is 32.1 Å². The minimum atomic E-state index is 0.362. The van der Waals surface area contributed by atoms with Crippen molar-refractivity contribution in [2.75, 3.05) is 39.3 Å². The highest BCUT2D eigenvalue weighted by atomic mass is 15.4. The van der Waals surface area contributed by atoms with Gasteiger partial charge in [-0.15, -0.1) is 0 Å². The molecule has 1 aromatic rings. The fraction of sp³-hybridized carbons (Fsp3) is 0.688. The van der Waals surface area contributed by atoms with Gasteiger partial charge in [0.15, 0.2) is 0 Å². The smallest absolute Gasteiger partial charge is 0.0530 e. The molecule has 3 heterocycles. The molecule has 21 heavy (non-hydrogen) atoms. The number of hydrogen-bond acceptors (Lipinski definition) is 5. The molecule has 2 aliphatic heterocycles. The maximum atomic E-state index is 4.23. The van der Waals surface area contributed by atoms with Crippen molar-refractivity contribution in [1.29, 1.82) is 0 Å². The molecule has 0 saturated carbocycles. The number of likely N-dealkylation sites (tertiary alicyclic amines) is 1. The molecule has 5 heteroatoms. The van der Waals surface area contributed by atoms with Crippen LogP contribution in [0.5, 0.6) is 0 Å². The van der Waals surface area contributed by atoms with Gasteiger partial charge in [-0.3, -0.25) is 10.4 Å². The van der Waals surface area contributed by atoms with E-state index in [1.807, 2.05) is 18.5 Å². The Morgan fingerprint density at radius 1 is 1.29 bits per heavy atom. The van der Waals surface area contributed by atoms with Crippen LogP contribution in [0.1, 0.15) is 30.9 Å². The molecule has 3 rings (SSSR count). The Bertz CT molecular complexity index is 404. The normalized spacial score (nSPS) is 27.0. The highest BCUT2D eigenvalue weighted by Gasteiger charge is 2.27. The minimum Gasteiger partial charge on any atom is -0.315 e. The largest absolute Gasteiger partial charge is 0.315 e. The SMILES string of the molecule is c1cncc(C2NNCC2CNCCN2CCCCC2)c1. The van der Waals surface area contributed by atoms with E-state index in [9.17, 15) is 0 Å². The number of pyridine rings is 1. The third kappa shape index (κ3) is 4.23. The lowest BCUT2D eigenvalue weighted by Crippen LogP contribution is -2.38. The Morgan fingerprint density at radius 3 is 3.00 bits per heavy atom. The van der Waals surface area contributed by atoms with Gasteiger partial charge in [-0.25, -0.2) is 5.43 Å². The van der Waals surface area contributed by atoms with Crippen LogP contribution in [0.2, 0.25) is 0 Å². The summed E-state index contributed by atoms with van der Waals surface area (Å²) in [7, 11) is 0. The molecule has 0 aromatic carbocycles. The molecule has 0 spiro atoms. The van der Waals surface area contributed by atoms with E-state index in [4.69, 9.17) is 0 Å². The average molecular weight is 289 g/mol. The first-order valence-electron chi connectivity index (χ1n) is 8.25. The fourth-order valence-electron chi connectivity index (χ4n) is 3.35. The van der Waals surface area contributed by atoms with Crippen LogP contribution in [-0.4, -0.2) is 49.2 Å². The summed E-state index contributed by atoms with van der Waals surface area (Å²) in [5.74, 6) is 0.579. The molecule has 2 fully saturated rings. The van der Waals surface area contributed by atoms with Gasteiger partial charge in [0.25, 0.3) is 0 Å². The highest BCUT2D eigenvalue weighted by molar-refractivity contribution is 5.16. The monoisotopic (exact) mass is 289 g/mol. The Hall–Kier alpha value is -1.01. The summed E-state index contributed by atoms with van der Waals surface area (Å²) in [6, 6.07) is 4.52. The quantitative estimate of drug-likeness (QED) is 0.680. The maximum Gasteiger partial charge on any atom is 0.0530 e. The highest BCUT2D eigenvalue weighted by Crippen LogP contribution is 2.23. The van der Waals surface area contributed by atoms with Crippen molar-refractivity contribution in [3.8, 4) is 0 Å². The number of hydrogen-bond donors (Lipinski definition) is 3. The van der Waals surface area contributed by atoms with E-state index in [0.717, 1.165) is 19.6 Å². The third-order valence-corrected chi connectivity index (χ3v) is 4.60. The summed E-state index contributed by atoms with van der Waals surface area (Å²) >= 11 is 0. The molecular formula is C16H27N5. The van der Waals surface area contributed by atoms with E-state index in [0.29, 0.717) is 12.0 Å². The van der Waals surface area contributed by atoms with Crippen LogP contribution < -0.4 is 16.2 Å². The zero-order valence-corrected chi connectivity index (χ0v) is 12.7. The molecule has 5 nitrogen and oxygen atoms in total. The third-order valence-electron chi connectivity index (χ3n) is 4.60. The van der Waals surface area contributed by atoms with Crippen molar-refractivity contribution in [3.63, 3.8) is 0 Å². The van der Waals surface area contributed by atoms with Gasteiger partial charge in [0.1, 0.15) is 0 Å². The van der Waals surface area contributed by atoms with E-state index < -0.39 is 0 Å². The van der Waals surface area contributed by atoms with E-state index in [1.54, 1.807) is 0 Å².